The summed E-state index contributed by atoms with van der Waals surface area (Å²) in [6.45, 7) is 0.316. The Hall–Kier alpha value is -2.09. The summed E-state index contributed by atoms with van der Waals surface area (Å²) in [5.41, 5.74) is 0.755. The van der Waals surface area contributed by atoms with E-state index in [9.17, 15) is 8.42 Å². The van der Waals surface area contributed by atoms with Crippen molar-refractivity contribution in [1.82, 2.24) is 4.31 Å². The molecule has 2 aromatic rings. The van der Waals surface area contributed by atoms with Crippen LogP contribution in [0, 0.1) is 0 Å². The van der Waals surface area contributed by atoms with E-state index < -0.39 is 22.0 Å². The van der Waals surface area contributed by atoms with Gasteiger partial charge >= 0.3 is 0 Å². The van der Waals surface area contributed by atoms with E-state index in [1.165, 1.54) is 4.31 Å². The number of methoxy groups -OCH3 is 1. The van der Waals surface area contributed by atoms with Gasteiger partial charge in [-0.3, -0.25) is 0 Å². The molecule has 0 amide bonds. The molecular formula is C17H18N2O4S. The van der Waals surface area contributed by atoms with Gasteiger partial charge in [0, 0.05) is 20.1 Å². The Morgan fingerprint density at radius 1 is 1.17 bits per heavy atom. The number of ether oxygens (including phenoxy) is 2. The highest BCUT2D eigenvalue weighted by molar-refractivity contribution is 7.89. The highest BCUT2D eigenvalue weighted by Crippen LogP contribution is 2.44. The minimum absolute atomic E-state index is 0.262. The van der Waals surface area contributed by atoms with Crippen molar-refractivity contribution < 1.29 is 17.9 Å². The van der Waals surface area contributed by atoms with Crippen molar-refractivity contribution >= 4 is 15.7 Å². The standard InChI is InChI=1S/C17H18N2O4S/c1-22-17-11-12-19(24(20,21)13-7-3-2-4-8-13)16(17)18-14-9-5-6-10-15(14)23-17/h2-10,16,18H,11-12H2,1H3/t16-,17+/m0/s1. The lowest BCUT2D eigenvalue weighted by molar-refractivity contribution is -0.173. The van der Waals surface area contributed by atoms with Gasteiger partial charge in [0.15, 0.2) is 6.17 Å². The SMILES string of the molecule is CO[C@@]12CCN(S(=O)(=O)c3ccccc3)[C@@H]1Nc1ccccc1O2. The summed E-state index contributed by atoms with van der Waals surface area (Å²) < 4.78 is 39.2. The zero-order valence-electron chi connectivity index (χ0n) is 13.2. The predicted molar refractivity (Wildman–Crippen MR) is 89.2 cm³/mol. The topological polar surface area (TPSA) is 67.9 Å². The fourth-order valence-corrected chi connectivity index (χ4v) is 4.88. The Morgan fingerprint density at radius 3 is 2.62 bits per heavy atom. The summed E-state index contributed by atoms with van der Waals surface area (Å²) in [7, 11) is -2.11. The van der Waals surface area contributed by atoms with Gasteiger partial charge in [-0.05, 0) is 24.3 Å². The number of sulfonamides is 1. The van der Waals surface area contributed by atoms with Crippen LogP contribution in [0.5, 0.6) is 5.75 Å². The number of hydrogen-bond acceptors (Lipinski definition) is 5. The Balaban J connectivity index is 1.76. The molecule has 24 heavy (non-hydrogen) atoms. The summed E-state index contributed by atoms with van der Waals surface area (Å²) in [6.07, 6.45) is -0.177. The molecule has 0 saturated carbocycles. The number of anilines is 1. The summed E-state index contributed by atoms with van der Waals surface area (Å²) in [6, 6.07) is 15.9. The van der Waals surface area contributed by atoms with Gasteiger partial charge in [0.1, 0.15) is 5.75 Å². The molecule has 0 radical (unpaired) electrons. The summed E-state index contributed by atoms with van der Waals surface area (Å²) in [5, 5.41) is 3.27. The van der Waals surface area contributed by atoms with E-state index in [1.54, 1.807) is 37.4 Å². The van der Waals surface area contributed by atoms with Gasteiger partial charge in [0.25, 0.3) is 0 Å². The van der Waals surface area contributed by atoms with E-state index in [0.717, 1.165) is 5.69 Å². The van der Waals surface area contributed by atoms with E-state index in [1.807, 2.05) is 24.3 Å². The number of para-hydroxylation sites is 2. The van der Waals surface area contributed by atoms with Crippen LogP contribution in [0.2, 0.25) is 0 Å². The monoisotopic (exact) mass is 346 g/mol. The van der Waals surface area contributed by atoms with E-state index in [4.69, 9.17) is 9.47 Å². The Morgan fingerprint density at radius 2 is 1.88 bits per heavy atom. The molecule has 0 bridgehead atoms. The van der Waals surface area contributed by atoms with Crippen LogP contribution < -0.4 is 10.1 Å². The lowest BCUT2D eigenvalue weighted by Gasteiger charge is -2.41. The third-order valence-electron chi connectivity index (χ3n) is 4.54. The first-order valence-electron chi connectivity index (χ1n) is 7.73. The van der Waals surface area contributed by atoms with Gasteiger partial charge in [-0.1, -0.05) is 30.3 Å². The zero-order valence-corrected chi connectivity index (χ0v) is 14.0. The summed E-state index contributed by atoms with van der Waals surface area (Å²) >= 11 is 0. The van der Waals surface area contributed by atoms with Crippen molar-refractivity contribution in [2.75, 3.05) is 19.0 Å². The fraction of sp³-hybridized carbons (Fsp3) is 0.294. The molecule has 2 atom stereocenters. The molecule has 0 aromatic heterocycles. The van der Waals surface area contributed by atoms with Crippen LogP contribution in [0.15, 0.2) is 59.5 Å². The minimum Gasteiger partial charge on any atom is -0.456 e. The van der Waals surface area contributed by atoms with Crippen molar-refractivity contribution in [3.05, 3.63) is 54.6 Å². The maximum absolute atomic E-state index is 13.0. The number of nitrogens with zero attached hydrogens (tertiary/aromatic N) is 1. The average Bonchev–Trinajstić information content (AvgIpc) is 3.00. The van der Waals surface area contributed by atoms with Gasteiger partial charge in [-0.25, -0.2) is 8.42 Å². The minimum atomic E-state index is -3.65. The first kappa shape index (κ1) is 15.4. The molecule has 2 aromatic carbocycles. The number of benzene rings is 2. The highest BCUT2D eigenvalue weighted by Gasteiger charge is 2.57. The number of nitrogens with one attached hydrogen (secondary N) is 1. The third-order valence-corrected chi connectivity index (χ3v) is 6.42. The van der Waals surface area contributed by atoms with Crippen LogP contribution in [0.1, 0.15) is 6.42 Å². The molecule has 1 N–H and O–H groups in total. The van der Waals surface area contributed by atoms with Gasteiger partial charge in [-0.15, -0.1) is 0 Å². The van der Waals surface area contributed by atoms with Gasteiger partial charge < -0.3 is 14.8 Å². The highest BCUT2D eigenvalue weighted by atomic mass is 32.2. The third kappa shape index (κ3) is 2.20. The van der Waals surface area contributed by atoms with Crippen LogP contribution in [0.3, 0.4) is 0 Å². The van der Waals surface area contributed by atoms with E-state index in [2.05, 4.69) is 5.32 Å². The lowest BCUT2D eigenvalue weighted by atomic mass is 10.1. The molecule has 7 heteroatoms. The van der Waals surface area contributed by atoms with Crippen molar-refractivity contribution in [1.29, 1.82) is 0 Å². The summed E-state index contributed by atoms with van der Waals surface area (Å²) in [5.74, 6) is -0.370. The van der Waals surface area contributed by atoms with Crippen molar-refractivity contribution in [2.45, 2.75) is 23.3 Å². The lowest BCUT2D eigenvalue weighted by Crippen LogP contribution is -2.57. The Kier molecular flexibility index (Phi) is 3.52. The molecule has 2 aliphatic rings. The van der Waals surface area contributed by atoms with Crippen LogP contribution in [0.25, 0.3) is 0 Å². The van der Waals surface area contributed by atoms with Crippen LogP contribution in [0.4, 0.5) is 5.69 Å². The first-order valence-corrected chi connectivity index (χ1v) is 9.17. The van der Waals surface area contributed by atoms with E-state index >= 15 is 0 Å². The normalized spacial score (nSPS) is 26.1. The maximum Gasteiger partial charge on any atom is 0.246 e. The van der Waals surface area contributed by atoms with Gasteiger partial charge in [0.2, 0.25) is 15.8 Å². The fourth-order valence-electron chi connectivity index (χ4n) is 3.29. The predicted octanol–water partition coefficient (Wildman–Crippen LogP) is 2.25. The second-order valence-corrected chi connectivity index (χ2v) is 7.73. The molecule has 6 nitrogen and oxygen atoms in total. The Labute approximate surface area is 141 Å². The van der Waals surface area contributed by atoms with Gasteiger partial charge in [-0.2, -0.15) is 4.31 Å². The van der Waals surface area contributed by atoms with Crippen LogP contribution in [-0.4, -0.2) is 38.3 Å². The molecule has 0 unspecified atom stereocenters. The zero-order chi connectivity index (χ0) is 16.8. The number of fused-ring (bicyclic) bond motifs is 2. The van der Waals surface area contributed by atoms with E-state index in [-0.39, 0.29) is 4.90 Å². The molecular weight excluding hydrogens is 328 g/mol. The van der Waals surface area contributed by atoms with Crippen molar-refractivity contribution in [3.8, 4) is 5.75 Å². The molecule has 2 aliphatic heterocycles. The van der Waals surface area contributed by atoms with Crippen LogP contribution in [-0.2, 0) is 14.8 Å². The van der Waals surface area contributed by atoms with Crippen LogP contribution >= 0.6 is 0 Å². The Bertz CT molecular complexity index is 856. The maximum atomic E-state index is 13.0. The van der Waals surface area contributed by atoms with Crippen molar-refractivity contribution in [3.63, 3.8) is 0 Å². The molecule has 1 fully saturated rings. The van der Waals surface area contributed by atoms with Crippen molar-refractivity contribution in [2.24, 2.45) is 0 Å². The molecule has 4 rings (SSSR count). The molecule has 126 valence electrons. The molecule has 2 heterocycles. The number of hydrogen-bond donors (Lipinski definition) is 1. The second kappa shape index (κ2) is 5.47. The van der Waals surface area contributed by atoms with E-state index in [0.29, 0.717) is 18.7 Å². The van der Waals surface area contributed by atoms with Gasteiger partial charge in [0.05, 0.1) is 10.6 Å². The smallest absolute Gasteiger partial charge is 0.246 e. The average molecular weight is 346 g/mol. The molecule has 0 aliphatic carbocycles. The number of rotatable bonds is 3. The summed E-state index contributed by atoms with van der Waals surface area (Å²) in [4.78, 5) is 0.262. The molecule has 1 saturated heterocycles. The first-order chi connectivity index (χ1) is 11.6. The quantitative estimate of drug-likeness (QED) is 0.923. The second-order valence-electron chi connectivity index (χ2n) is 5.84. The largest absolute Gasteiger partial charge is 0.456 e. The molecule has 0 spiro atoms.